The molecule has 2 rings (SSSR count). The lowest BCUT2D eigenvalue weighted by Gasteiger charge is -1.99. The van der Waals surface area contributed by atoms with Gasteiger partial charge in [-0.1, -0.05) is 27.5 Å². The number of benzene rings is 1. The third-order valence-corrected chi connectivity index (χ3v) is 2.84. The summed E-state index contributed by atoms with van der Waals surface area (Å²) in [5.74, 6) is 0. The minimum Gasteiger partial charge on any atom is -0.465 e. The van der Waals surface area contributed by atoms with Gasteiger partial charge in [-0.15, -0.1) is 0 Å². The average molecular weight is 305 g/mol. The molecule has 0 atom stereocenters. The molecule has 1 aromatic heterocycles. The van der Waals surface area contributed by atoms with Crippen LogP contribution >= 0.6 is 27.5 Å². The Morgan fingerprint density at radius 1 is 1.56 bits per heavy atom. The fraction of sp³-hybridized carbons (Fsp3) is 0.100. The summed E-state index contributed by atoms with van der Waals surface area (Å²) in [6.45, 7) is 0.190. The van der Waals surface area contributed by atoms with Crippen molar-refractivity contribution in [3.63, 3.8) is 0 Å². The van der Waals surface area contributed by atoms with Gasteiger partial charge in [-0.2, -0.15) is 0 Å². The Labute approximate surface area is 104 Å². The van der Waals surface area contributed by atoms with Crippen LogP contribution in [0.5, 0.6) is 0 Å². The zero-order valence-electron chi connectivity index (χ0n) is 7.96. The highest BCUT2D eigenvalue weighted by molar-refractivity contribution is 9.10. The van der Waals surface area contributed by atoms with Crippen LogP contribution in [-0.4, -0.2) is 11.2 Å². The minimum atomic E-state index is -1.07. The van der Waals surface area contributed by atoms with Crippen molar-refractivity contribution in [2.24, 2.45) is 0 Å². The first-order chi connectivity index (χ1) is 7.58. The molecule has 0 saturated carbocycles. The Bertz CT molecular complexity index is 552. The van der Waals surface area contributed by atoms with Gasteiger partial charge in [-0.25, -0.2) is 4.79 Å². The second kappa shape index (κ2) is 4.35. The smallest absolute Gasteiger partial charge is 0.404 e. The summed E-state index contributed by atoms with van der Waals surface area (Å²) in [6, 6.07) is 3.56. The Morgan fingerprint density at radius 2 is 2.31 bits per heavy atom. The number of amides is 1. The van der Waals surface area contributed by atoms with Crippen molar-refractivity contribution in [3.8, 4) is 0 Å². The lowest BCUT2D eigenvalue weighted by molar-refractivity contribution is 0.194. The van der Waals surface area contributed by atoms with Crippen molar-refractivity contribution in [2.45, 2.75) is 6.54 Å². The van der Waals surface area contributed by atoms with E-state index >= 15 is 0 Å². The van der Waals surface area contributed by atoms with Crippen LogP contribution in [0.25, 0.3) is 11.0 Å². The molecule has 1 amide bonds. The molecule has 0 aliphatic carbocycles. The van der Waals surface area contributed by atoms with E-state index in [1.807, 2.05) is 6.07 Å². The van der Waals surface area contributed by atoms with Crippen LogP contribution in [0.2, 0.25) is 5.02 Å². The van der Waals surface area contributed by atoms with Crippen LogP contribution in [0.1, 0.15) is 5.56 Å². The van der Waals surface area contributed by atoms with E-state index in [0.29, 0.717) is 10.6 Å². The van der Waals surface area contributed by atoms with Crippen molar-refractivity contribution in [1.29, 1.82) is 0 Å². The maximum atomic E-state index is 10.4. The minimum absolute atomic E-state index is 0.190. The van der Waals surface area contributed by atoms with E-state index < -0.39 is 6.09 Å². The summed E-state index contributed by atoms with van der Waals surface area (Å²) >= 11 is 9.30. The van der Waals surface area contributed by atoms with Gasteiger partial charge in [0.1, 0.15) is 0 Å². The highest BCUT2D eigenvalue weighted by atomic mass is 79.9. The van der Waals surface area contributed by atoms with E-state index in [-0.39, 0.29) is 6.54 Å². The van der Waals surface area contributed by atoms with Gasteiger partial charge in [0, 0.05) is 22.0 Å². The van der Waals surface area contributed by atoms with E-state index in [1.54, 1.807) is 6.07 Å². The van der Waals surface area contributed by atoms with Gasteiger partial charge in [-0.3, -0.25) is 0 Å². The maximum absolute atomic E-state index is 10.4. The summed E-state index contributed by atoms with van der Waals surface area (Å²) in [5, 5.41) is 12.1. The van der Waals surface area contributed by atoms with Gasteiger partial charge >= 0.3 is 6.09 Å². The summed E-state index contributed by atoms with van der Waals surface area (Å²) in [6.07, 6.45) is 0.425. The summed E-state index contributed by atoms with van der Waals surface area (Å²) in [7, 11) is 0. The molecule has 0 saturated heterocycles. The molecule has 0 aliphatic rings. The normalized spacial score (nSPS) is 10.6. The lowest BCUT2D eigenvalue weighted by Crippen LogP contribution is -2.19. The predicted molar refractivity (Wildman–Crippen MR) is 63.8 cm³/mol. The first-order valence-electron chi connectivity index (χ1n) is 4.40. The number of halogens is 2. The molecule has 1 aromatic carbocycles. The largest absolute Gasteiger partial charge is 0.465 e. The second-order valence-corrected chi connectivity index (χ2v) is 4.51. The summed E-state index contributed by atoms with van der Waals surface area (Å²) in [4.78, 5) is 10.4. The van der Waals surface area contributed by atoms with Crippen molar-refractivity contribution < 1.29 is 14.3 Å². The molecule has 0 fully saturated rings. The zero-order valence-corrected chi connectivity index (χ0v) is 10.3. The second-order valence-electron chi connectivity index (χ2n) is 3.18. The number of hydrogen-bond donors (Lipinski definition) is 2. The number of fused-ring (bicyclic) bond motifs is 1. The fourth-order valence-electron chi connectivity index (χ4n) is 1.42. The molecular weight excluding hydrogens is 297 g/mol. The molecule has 6 heteroatoms. The molecule has 16 heavy (non-hydrogen) atoms. The van der Waals surface area contributed by atoms with E-state index in [4.69, 9.17) is 21.1 Å². The van der Waals surface area contributed by atoms with E-state index in [9.17, 15) is 4.79 Å². The average Bonchev–Trinajstić information content (AvgIpc) is 2.58. The van der Waals surface area contributed by atoms with Crippen LogP contribution in [0, 0.1) is 0 Å². The maximum Gasteiger partial charge on any atom is 0.404 e. The van der Waals surface area contributed by atoms with Gasteiger partial charge in [0.15, 0.2) is 5.58 Å². The first-order valence-corrected chi connectivity index (χ1v) is 5.57. The monoisotopic (exact) mass is 303 g/mol. The molecule has 0 radical (unpaired) electrons. The molecule has 0 aliphatic heterocycles. The topological polar surface area (TPSA) is 62.5 Å². The highest BCUT2D eigenvalue weighted by Gasteiger charge is 2.10. The Morgan fingerprint density at radius 3 is 3.00 bits per heavy atom. The Balaban J connectivity index is 2.43. The van der Waals surface area contributed by atoms with Crippen molar-refractivity contribution >= 4 is 44.6 Å². The molecule has 2 aromatic rings. The molecule has 0 bridgehead atoms. The third kappa shape index (κ3) is 2.15. The fourth-order valence-corrected chi connectivity index (χ4v) is 2.27. The first kappa shape index (κ1) is 11.3. The molecule has 1 heterocycles. The molecule has 0 unspecified atom stereocenters. The number of carbonyl (C=O) groups is 1. The molecule has 84 valence electrons. The standard InChI is InChI=1S/C10H7BrClNO3/c11-6-1-7-5(3-13-10(14)15)4-16-9(7)8(12)2-6/h1-2,4,13H,3H2,(H,14,15). The van der Waals surface area contributed by atoms with E-state index in [1.165, 1.54) is 6.26 Å². The van der Waals surface area contributed by atoms with Crippen molar-refractivity contribution in [2.75, 3.05) is 0 Å². The Kier molecular flexibility index (Phi) is 3.07. The molecular formula is C10H7BrClNO3. The summed E-state index contributed by atoms with van der Waals surface area (Å²) < 4.78 is 6.10. The number of carboxylic acid groups (broad SMARTS) is 1. The van der Waals surface area contributed by atoms with Gasteiger partial charge in [0.25, 0.3) is 0 Å². The number of nitrogens with one attached hydrogen (secondary N) is 1. The highest BCUT2D eigenvalue weighted by Crippen LogP contribution is 2.31. The van der Waals surface area contributed by atoms with Crippen LogP contribution in [0.15, 0.2) is 27.3 Å². The third-order valence-electron chi connectivity index (χ3n) is 2.10. The predicted octanol–water partition coefficient (Wildman–Crippen LogP) is 3.62. The summed E-state index contributed by atoms with van der Waals surface area (Å²) in [5.41, 5.74) is 1.31. The number of hydrogen-bond acceptors (Lipinski definition) is 2. The van der Waals surface area contributed by atoms with Crippen molar-refractivity contribution in [3.05, 3.63) is 33.5 Å². The molecule has 2 N–H and O–H groups in total. The van der Waals surface area contributed by atoms with E-state index in [2.05, 4.69) is 21.2 Å². The molecule has 0 spiro atoms. The van der Waals surface area contributed by atoms with Crippen LogP contribution < -0.4 is 5.32 Å². The van der Waals surface area contributed by atoms with Gasteiger partial charge < -0.3 is 14.8 Å². The van der Waals surface area contributed by atoms with Crippen LogP contribution in [0.3, 0.4) is 0 Å². The van der Waals surface area contributed by atoms with E-state index in [0.717, 1.165) is 15.4 Å². The zero-order chi connectivity index (χ0) is 11.7. The van der Waals surface area contributed by atoms with Crippen LogP contribution in [-0.2, 0) is 6.54 Å². The molecule has 4 nitrogen and oxygen atoms in total. The van der Waals surface area contributed by atoms with Crippen LogP contribution in [0.4, 0.5) is 4.79 Å². The van der Waals surface area contributed by atoms with Gasteiger partial charge in [0.05, 0.1) is 11.3 Å². The number of furan rings is 1. The van der Waals surface area contributed by atoms with Crippen molar-refractivity contribution in [1.82, 2.24) is 5.32 Å². The van der Waals surface area contributed by atoms with Gasteiger partial charge in [-0.05, 0) is 12.1 Å². The SMILES string of the molecule is O=C(O)NCc1coc2c(Cl)cc(Br)cc12. The quantitative estimate of drug-likeness (QED) is 0.891. The number of rotatable bonds is 2. The lowest BCUT2D eigenvalue weighted by atomic mass is 10.2. The Hall–Kier alpha value is -1.20. The van der Waals surface area contributed by atoms with Gasteiger partial charge in [0.2, 0.25) is 0 Å².